The van der Waals surface area contributed by atoms with Crippen molar-refractivity contribution >= 4 is 54.1 Å². The predicted molar refractivity (Wildman–Crippen MR) is 296 cm³/mol. The Kier molecular flexibility index (Phi) is 23.8. The first-order valence-corrected chi connectivity index (χ1v) is 26.4. The zero-order valence-electron chi connectivity index (χ0n) is 45.9. The number of furan rings is 1. The zero-order valence-corrected chi connectivity index (χ0v) is 45.9. The van der Waals surface area contributed by atoms with Crippen molar-refractivity contribution in [2.75, 3.05) is 27.4 Å². The van der Waals surface area contributed by atoms with Crippen LogP contribution < -0.4 is 25.4 Å². The summed E-state index contributed by atoms with van der Waals surface area (Å²) < 4.78 is 33.5. The second kappa shape index (κ2) is 31.7. The molecule has 0 bridgehead atoms. The number of nitrogens with zero attached hydrogens (tertiary/aromatic N) is 2. The summed E-state index contributed by atoms with van der Waals surface area (Å²) in [6.45, 7) is 2.35. The van der Waals surface area contributed by atoms with E-state index in [2.05, 4.69) is 16.0 Å². The van der Waals surface area contributed by atoms with Crippen molar-refractivity contribution in [3.05, 3.63) is 179 Å². The van der Waals surface area contributed by atoms with Gasteiger partial charge in [0.05, 0.1) is 30.6 Å². The normalized spacial score (nSPS) is 11.8. The molecule has 0 aliphatic carbocycles. The Hall–Kier alpha value is -9.79. The fourth-order valence-corrected chi connectivity index (χ4v) is 8.14. The zero-order chi connectivity index (χ0) is 58.8. The highest BCUT2D eigenvalue weighted by Gasteiger charge is 2.35. The monoisotopic (exact) mass is 1120 g/mol. The van der Waals surface area contributed by atoms with Crippen molar-refractivity contribution in [3.8, 4) is 22.8 Å². The molecule has 0 aliphatic heterocycles. The third kappa shape index (κ3) is 18.7. The van der Waals surface area contributed by atoms with E-state index in [1.807, 2.05) is 13.0 Å². The first-order chi connectivity index (χ1) is 39.7. The van der Waals surface area contributed by atoms with Crippen LogP contribution in [0.4, 0.5) is 4.79 Å². The van der Waals surface area contributed by atoms with E-state index < -0.39 is 78.7 Å². The number of nitrogens with one attached hydrogen (secondary N) is 3. The molecule has 6 rings (SSSR count). The first kappa shape index (κ1) is 61.4. The van der Waals surface area contributed by atoms with Crippen LogP contribution in [-0.4, -0.2) is 104 Å². The minimum Gasteiger partial charge on any atom is -0.481 e. The first-order valence-electron chi connectivity index (χ1n) is 26.4. The summed E-state index contributed by atoms with van der Waals surface area (Å²) in [6, 6.07) is 37.0. The van der Waals surface area contributed by atoms with Gasteiger partial charge in [-0.3, -0.25) is 24.0 Å². The number of rotatable bonds is 30. The minimum atomic E-state index is -1.54. The number of esters is 3. The molecule has 6 aromatic rings. The Balaban J connectivity index is 1.16. The van der Waals surface area contributed by atoms with E-state index in [1.165, 1.54) is 67.5 Å². The van der Waals surface area contributed by atoms with Gasteiger partial charge in [-0.1, -0.05) is 142 Å². The number of ether oxygens (including phenoxy) is 5. The van der Waals surface area contributed by atoms with E-state index in [-0.39, 0.29) is 72.6 Å². The highest BCUT2D eigenvalue weighted by Crippen LogP contribution is 2.30. The Labute approximate surface area is 474 Å². The molecule has 5 amide bonds. The van der Waals surface area contributed by atoms with Crippen LogP contribution in [0.15, 0.2) is 150 Å². The van der Waals surface area contributed by atoms with Crippen LogP contribution in [-0.2, 0) is 62.8 Å². The van der Waals surface area contributed by atoms with Crippen LogP contribution in [0.5, 0.6) is 11.5 Å². The molecule has 1 heterocycles. The lowest BCUT2D eigenvalue weighted by atomic mass is 9.90. The van der Waals surface area contributed by atoms with Gasteiger partial charge < -0.3 is 53.8 Å². The van der Waals surface area contributed by atoms with Gasteiger partial charge in [-0.05, 0) is 65.9 Å². The number of carbonyl (C=O) groups excluding carboxylic acids is 9. The van der Waals surface area contributed by atoms with Crippen LogP contribution in [0.1, 0.15) is 100 Å². The largest absolute Gasteiger partial charge is 0.481 e. The third-order valence-corrected chi connectivity index (χ3v) is 12.5. The van der Waals surface area contributed by atoms with Crippen molar-refractivity contribution in [3.63, 3.8) is 0 Å². The van der Waals surface area contributed by atoms with Gasteiger partial charge in [0.15, 0.2) is 12.4 Å². The smallest absolute Gasteiger partial charge is 0.414 e. The molecule has 21 heteroatoms. The van der Waals surface area contributed by atoms with Crippen molar-refractivity contribution in [2.24, 2.45) is 5.92 Å². The Bertz CT molecular complexity index is 3120. The molecule has 0 saturated heterocycles. The Morgan fingerprint density at radius 2 is 1.24 bits per heavy atom. The van der Waals surface area contributed by atoms with E-state index in [9.17, 15) is 43.2 Å². The quantitative estimate of drug-likeness (QED) is 0.00960. The molecular formula is C61H65N5O16. The SMILES string of the molecule is CCCCC[C@@H](C(=O)NCNC(=O)c1ccc(-c2ccc(C(=O)N[C@@H](CC(=O)OCc3ccccc3)C(=O)OCc3ccccc3)c(OCC(=O)OCc3ccccc3)c2)o1)[C@@H](CC)N(C=O)OC(=O)c1ccccc1OC(=O)N(C)C. The molecule has 0 spiro atoms. The van der Waals surface area contributed by atoms with Gasteiger partial charge in [0.2, 0.25) is 12.3 Å². The minimum absolute atomic E-state index is 0.0606. The fourth-order valence-electron chi connectivity index (χ4n) is 8.14. The number of unbranched alkanes of at least 4 members (excludes halogenated alkanes) is 2. The van der Waals surface area contributed by atoms with Crippen LogP contribution in [0.3, 0.4) is 0 Å². The molecule has 0 unspecified atom stereocenters. The molecular weight excluding hydrogens is 1060 g/mol. The highest BCUT2D eigenvalue weighted by atomic mass is 16.7. The number of hydroxylamine groups is 2. The maximum absolute atomic E-state index is 14.2. The van der Waals surface area contributed by atoms with E-state index in [0.717, 1.165) is 23.5 Å². The molecule has 1 aromatic heterocycles. The van der Waals surface area contributed by atoms with Gasteiger partial charge in [-0.2, -0.15) is 5.06 Å². The molecule has 0 fully saturated rings. The standard InChI is InChI=1S/C61H65N5O16/c1-5-7-11-26-45(49(6-2)66(40-67)82-59(73)47-27-18-19-28-51(47)81-61(75)65(3)4)56(70)62-39-63-58(72)52-32-31-50(80-52)44-29-30-46(53(33-44)76-38-55(69)78-36-42-22-14-9-15-23-42)57(71)64-48(60(74)79-37-43-24-16-10-17-25-43)34-54(68)77-35-41-20-12-8-13-21-41/h8-10,12-25,27-33,40,45,48-49H,5-7,11,26,34-39H2,1-4H3,(H,62,70)(H,63,72)(H,64,71)/t45-,48+,49-/m1/s1. The number of carbonyl (C=O) groups is 9. The van der Waals surface area contributed by atoms with Gasteiger partial charge in [-0.25, -0.2) is 19.2 Å². The topological polar surface area (TPSA) is 265 Å². The van der Waals surface area contributed by atoms with Crippen LogP contribution in [0, 0.1) is 5.92 Å². The van der Waals surface area contributed by atoms with E-state index in [0.29, 0.717) is 30.4 Å². The number of hydrogen-bond donors (Lipinski definition) is 3. The molecule has 21 nitrogen and oxygen atoms in total. The van der Waals surface area contributed by atoms with Crippen LogP contribution >= 0.6 is 0 Å². The summed E-state index contributed by atoms with van der Waals surface area (Å²) in [7, 11) is 2.94. The second-order valence-electron chi connectivity index (χ2n) is 18.7. The van der Waals surface area contributed by atoms with Gasteiger partial charge in [0, 0.05) is 19.7 Å². The van der Waals surface area contributed by atoms with Crippen LogP contribution in [0.25, 0.3) is 11.3 Å². The maximum Gasteiger partial charge on any atom is 0.414 e. The molecule has 82 heavy (non-hydrogen) atoms. The lowest BCUT2D eigenvalue weighted by Crippen LogP contribution is -2.49. The number of amides is 5. The average Bonchev–Trinajstić information content (AvgIpc) is 4.08. The lowest BCUT2D eigenvalue weighted by Gasteiger charge is -2.32. The number of para-hydroxylation sites is 1. The molecule has 0 radical (unpaired) electrons. The average molecular weight is 1120 g/mol. The third-order valence-electron chi connectivity index (χ3n) is 12.5. The summed E-state index contributed by atoms with van der Waals surface area (Å²) in [5.41, 5.74) is 2.05. The van der Waals surface area contributed by atoms with Crippen molar-refractivity contribution < 1.29 is 76.1 Å². The van der Waals surface area contributed by atoms with Crippen molar-refractivity contribution in [1.29, 1.82) is 0 Å². The predicted octanol–water partition coefficient (Wildman–Crippen LogP) is 8.11. The maximum atomic E-state index is 14.2. The summed E-state index contributed by atoms with van der Waals surface area (Å²) in [5, 5.41) is 8.62. The number of hydrogen-bond acceptors (Lipinski definition) is 16. The van der Waals surface area contributed by atoms with E-state index in [1.54, 1.807) is 97.9 Å². The highest BCUT2D eigenvalue weighted by molar-refractivity contribution is 6.00. The van der Waals surface area contributed by atoms with Crippen LogP contribution in [0.2, 0.25) is 0 Å². The molecule has 5 aromatic carbocycles. The molecule has 430 valence electrons. The van der Waals surface area contributed by atoms with Crippen molar-refractivity contribution in [2.45, 2.75) is 84.3 Å². The Morgan fingerprint density at radius 1 is 0.634 bits per heavy atom. The van der Waals surface area contributed by atoms with Gasteiger partial charge in [-0.15, -0.1) is 0 Å². The molecule has 3 N–H and O–H groups in total. The Morgan fingerprint density at radius 3 is 1.85 bits per heavy atom. The summed E-state index contributed by atoms with van der Waals surface area (Å²) in [5.74, 6) is -6.94. The van der Waals surface area contributed by atoms with Gasteiger partial charge in [0.25, 0.3) is 11.8 Å². The van der Waals surface area contributed by atoms with E-state index >= 15 is 0 Å². The summed E-state index contributed by atoms with van der Waals surface area (Å²) >= 11 is 0. The lowest BCUT2D eigenvalue weighted by molar-refractivity contribution is -0.171. The van der Waals surface area contributed by atoms with Crippen molar-refractivity contribution in [1.82, 2.24) is 25.9 Å². The molecule has 0 aliphatic rings. The molecule has 0 saturated carbocycles. The van der Waals surface area contributed by atoms with Gasteiger partial charge >= 0.3 is 30.0 Å². The van der Waals surface area contributed by atoms with E-state index in [4.69, 9.17) is 32.9 Å². The second-order valence-corrected chi connectivity index (χ2v) is 18.7. The fraction of sp³-hybridized carbons (Fsp3) is 0.295. The number of benzene rings is 5. The summed E-state index contributed by atoms with van der Waals surface area (Å²) in [4.78, 5) is 126. The molecule has 3 atom stereocenters. The van der Waals surface area contributed by atoms with Gasteiger partial charge in [0.1, 0.15) is 48.7 Å². The summed E-state index contributed by atoms with van der Waals surface area (Å²) in [6.07, 6.45) is 1.59.